The SMILES string of the molecule is O=C(NCc1ccc(-c2ccnc3[nH]nc(N[C@@H]4CCNC4)c23)cc1F)c1ccccc1. The summed E-state index contributed by atoms with van der Waals surface area (Å²) < 4.78 is 14.9. The standard InChI is InChI=1S/C24H23FN6O/c25-20-12-16(6-7-17(20)13-28-24(32)15-4-2-1-3-5-15)19-9-11-27-22-21(19)23(31-30-22)29-18-8-10-26-14-18/h1-7,9,11-12,18,26H,8,10,13-14H2,(H,28,32)(H2,27,29,30,31)/t18-/m1/s1. The van der Waals surface area contributed by atoms with Gasteiger partial charge < -0.3 is 16.0 Å². The Balaban J connectivity index is 1.39. The maximum atomic E-state index is 14.9. The molecule has 0 radical (unpaired) electrons. The van der Waals surface area contributed by atoms with Gasteiger partial charge >= 0.3 is 0 Å². The molecule has 32 heavy (non-hydrogen) atoms. The second kappa shape index (κ2) is 8.76. The number of aromatic nitrogens is 3. The van der Waals surface area contributed by atoms with E-state index < -0.39 is 0 Å². The molecule has 4 N–H and O–H groups in total. The van der Waals surface area contributed by atoms with Gasteiger partial charge in [-0.3, -0.25) is 9.89 Å². The van der Waals surface area contributed by atoms with Crippen LogP contribution in [0.1, 0.15) is 22.3 Å². The molecule has 4 aromatic rings. The molecule has 8 heteroatoms. The van der Waals surface area contributed by atoms with E-state index in [1.807, 2.05) is 18.2 Å². The van der Waals surface area contributed by atoms with Crippen LogP contribution in [-0.2, 0) is 6.54 Å². The number of nitrogens with zero attached hydrogens (tertiary/aromatic N) is 2. The van der Waals surface area contributed by atoms with Crippen LogP contribution in [0.4, 0.5) is 10.2 Å². The number of nitrogens with one attached hydrogen (secondary N) is 4. The fraction of sp³-hybridized carbons (Fsp3) is 0.208. The highest BCUT2D eigenvalue weighted by molar-refractivity contribution is 6.00. The number of fused-ring (bicyclic) bond motifs is 1. The summed E-state index contributed by atoms with van der Waals surface area (Å²) in [6, 6.07) is 16.1. The van der Waals surface area contributed by atoms with E-state index in [4.69, 9.17) is 0 Å². The fourth-order valence-electron chi connectivity index (χ4n) is 3.99. The molecule has 0 unspecified atom stereocenters. The van der Waals surface area contributed by atoms with Crippen molar-refractivity contribution in [3.63, 3.8) is 0 Å². The summed E-state index contributed by atoms with van der Waals surface area (Å²) in [5.41, 5.74) is 3.18. The number of hydrogen-bond donors (Lipinski definition) is 4. The summed E-state index contributed by atoms with van der Waals surface area (Å²) in [5.74, 6) is 0.107. The molecule has 2 aromatic heterocycles. The summed E-state index contributed by atoms with van der Waals surface area (Å²) in [7, 11) is 0. The highest BCUT2D eigenvalue weighted by atomic mass is 19.1. The van der Waals surface area contributed by atoms with Crippen molar-refractivity contribution in [2.24, 2.45) is 0 Å². The van der Waals surface area contributed by atoms with E-state index in [0.717, 1.165) is 41.8 Å². The third-order valence-electron chi connectivity index (χ3n) is 5.70. The lowest BCUT2D eigenvalue weighted by Crippen LogP contribution is -2.23. The molecular weight excluding hydrogens is 407 g/mol. The van der Waals surface area contributed by atoms with E-state index >= 15 is 0 Å². The zero-order valence-corrected chi connectivity index (χ0v) is 17.4. The van der Waals surface area contributed by atoms with Gasteiger partial charge in [0.25, 0.3) is 5.91 Å². The number of H-pyrrole nitrogens is 1. The molecule has 1 amide bonds. The van der Waals surface area contributed by atoms with Gasteiger partial charge in [-0.05, 0) is 48.4 Å². The first-order valence-corrected chi connectivity index (χ1v) is 10.6. The zero-order valence-electron chi connectivity index (χ0n) is 17.4. The predicted octanol–water partition coefficient (Wildman–Crippen LogP) is 3.47. The third-order valence-corrected chi connectivity index (χ3v) is 5.70. The molecule has 0 spiro atoms. The van der Waals surface area contributed by atoms with Crippen LogP contribution in [0.2, 0.25) is 0 Å². The number of amides is 1. The summed E-state index contributed by atoms with van der Waals surface area (Å²) in [4.78, 5) is 16.6. The molecule has 5 rings (SSSR count). The Kier molecular flexibility index (Phi) is 5.51. The van der Waals surface area contributed by atoms with Crippen LogP contribution in [0.25, 0.3) is 22.2 Å². The van der Waals surface area contributed by atoms with Gasteiger partial charge in [0, 0.05) is 36.5 Å². The van der Waals surface area contributed by atoms with Gasteiger partial charge in [0.1, 0.15) is 5.82 Å². The van der Waals surface area contributed by atoms with Crippen molar-refractivity contribution >= 4 is 22.8 Å². The maximum Gasteiger partial charge on any atom is 0.251 e. The first kappa shape index (κ1) is 20.1. The number of pyridine rings is 1. The van der Waals surface area contributed by atoms with Gasteiger partial charge in [0.2, 0.25) is 0 Å². The highest BCUT2D eigenvalue weighted by Crippen LogP contribution is 2.33. The van der Waals surface area contributed by atoms with Crippen molar-refractivity contribution < 1.29 is 9.18 Å². The van der Waals surface area contributed by atoms with Crippen molar-refractivity contribution in [2.45, 2.75) is 19.0 Å². The molecule has 0 saturated carbocycles. The van der Waals surface area contributed by atoms with E-state index in [2.05, 4.69) is 31.1 Å². The number of aromatic amines is 1. The monoisotopic (exact) mass is 430 g/mol. The molecule has 7 nitrogen and oxygen atoms in total. The molecule has 2 aromatic carbocycles. The Morgan fingerprint density at radius 2 is 2.03 bits per heavy atom. The van der Waals surface area contributed by atoms with Crippen molar-refractivity contribution in [1.82, 2.24) is 25.8 Å². The van der Waals surface area contributed by atoms with Crippen molar-refractivity contribution in [1.29, 1.82) is 0 Å². The molecule has 3 heterocycles. The minimum absolute atomic E-state index is 0.110. The zero-order chi connectivity index (χ0) is 21.9. The largest absolute Gasteiger partial charge is 0.364 e. The minimum Gasteiger partial charge on any atom is -0.364 e. The summed E-state index contributed by atoms with van der Waals surface area (Å²) in [5, 5.41) is 17.8. The number of halogens is 1. The normalized spacial score (nSPS) is 15.7. The first-order chi connectivity index (χ1) is 15.7. The summed E-state index contributed by atoms with van der Waals surface area (Å²) in [6.07, 6.45) is 2.70. The Labute approximate surface area is 184 Å². The van der Waals surface area contributed by atoms with Crippen LogP contribution < -0.4 is 16.0 Å². The van der Waals surface area contributed by atoms with Gasteiger partial charge in [-0.25, -0.2) is 9.37 Å². The van der Waals surface area contributed by atoms with Gasteiger partial charge in [0.05, 0.1) is 5.39 Å². The predicted molar refractivity (Wildman–Crippen MR) is 122 cm³/mol. The van der Waals surface area contributed by atoms with Gasteiger partial charge in [-0.1, -0.05) is 30.3 Å². The average molecular weight is 430 g/mol. The van der Waals surface area contributed by atoms with Gasteiger partial charge in [-0.2, -0.15) is 5.10 Å². The number of rotatable bonds is 6. The van der Waals surface area contributed by atoms with E-state index in [9.17, 15) is 9.18 Å². The quantitative estimate of drug-likeness (QED) is 0.376. The number of carbonyl (C=O) groups excluding carboxylic acids is 1. The molecular formula is C24H23FN6O. The van der Waals surface area contributed by atoms with Crippen LogP contribution in [0.5, 0.6) is 0 Å². The van der Waals surface area contributed by atoms with Crippen LogP contribution in [-0.4, -0.2) is 40.2 Å². The van der Waals surface area contributed by atoms with Crippen molar-refractivity contribution in [2.75, 3.05) is 18.4 Å². The second-order valence-electron chi connectivity index (χ2n) is 7.84. The van der Waals surface area contributed by atoms with E-state index in [-0.39, 0.29) is 18.3 Å². The molecule has 0 bridgehead atoms. The van der Waals surface area contributed by atoms with Crippen molar-refractivity contribution in [3.8, 4) is 11.1 Å². The summed E-state index contributed by atoms with van der Waals surface area (Å²) in [6.45, 7) is 1.96. The van der Waals surface area contributed by atoms with Crippen LogP contribution in [0, 0.1) is 5.82 Å². The molecule has 0 aliphatic carbocycles. The Morgan fingerprint density at radius 1 is 1.16 bits per heavy atom. The van der Waals surface area contributed by atoms with Crippen LogP contribution in [0.15, 0.2) is 60.8 Å². The van der Waals surface area contributed by atoms with Crippen molar-refractivity contribution in [3.05, 3.63) is 77.7 Å². The van der Waals surface area contributed by atoms with E-state index in [1.165, 1.54) is 6.07 Å². The molecule has 162 valence electrons. The lowest BCUT2D eigenvalue weighted by atomic mass is 10.0. The number of benzene rings is 2. The maximum absolute atomic E-state index is 14.9. The third kappa shape index (κ3) is 4.04. The smallest absolute Gasteiger partial charge is 0.251 e. The first-order valence-electron chi connectivity index (χ1n) is 10.6. The van der Waals surface area contributed by atoms with Crippen LogP contribution >= 0.6 is 0 Å². The number of hydrogen-bond acceptors (Lipinski definition) is 5. The lowest BCUT2D eigenvalue weighted by Gasteiger charge is -2.12. The molecule has 1 fully saturated rings. The average Bonchev–Trinajstić information content (AvgIpc) is 3.49. The Morgan fingerprint density at radius 3 is 2.81 bits per heavy atom. The van der Waals surface area contributed by atoms with E-state index in [1.54, 1.807) is 36.5 Å². The Hall–Kier alpha value is -3.78. The van der Waals surface area contributed by atoms with Gasteiger partial charge in [0.15, 0.2) is 11.5 Å². The van der Waals surface area contributed by atoms with Gasteiger partial charge in [-0.15, -0.1) is 0 Å². The molecule has 1 saturated heterocycles. The van der Waals surface area contributed by atoms with Crippen LogP contribution in [0.3, 0.4) is 0 Å². The number of carbonyl (C=O) groups is 1. The lowest BCUT2D eigenvalue weighted by molar-refractivity contribution is 0.0950. The van der Waals surface area contributed by atoms with E-state index in [0.29, 0.717) is 22.8 Å². The molecule has 1 aliphatic rings. The Bertz CT molecular complexity index is 1250. The topological polar surface area (TPSA) is 94.7 Å². The minimum atomic E-state index is -0.376. The summed E-state index contributed by atoms with van der Waals surface area (Å²) >= 11 is 0. The number of anilines is 1. The fourth-order valence-corrected chi connectivity index (χ4v) is 3.99. The highest BCUT2D eigenvalue weighted by Gasteiger charge is 2.19. The molecule has 1 atom stereocenters. The second-order valence-corrected chi connectivity index (χ2v) is 7.84. The molecule has 1 aliphatic heterocycles.